The van der Waals surface area contributed by atoms with Crippen LogP contribution < -0.4 is 10.2 Å². The predicted octanol–water partition coefficient (Wildman–Crippen LogP) is 3.86. The van der Waals surface area contributed by atoms with Crippen molar-refractivity contribution in [3.63, 3.8) is 0 Å². The summed E-state index contributed by atoms with van der Waals surface area (Å²) in [5.74, 6) is -0.647. The zero-order chi connectivity index (χ0) is 20.8. The van der Waals surface area contributed by atoms with Gasteiger partial charge in [-0.05, 0) is 36.6 Å². The van der Waals surface area contributed by atoms with Crippen LogP contribution in [0.3, 0.4) is 0 Å². The van der Waals surface area contributed by atoms with E-state index in [4.69, 9.17) is 0 Å². The Labute approximate surface area is 171 Å². The summed E-state index contributed by atoms with van der Waals surface area (Å²) in [5, 5.41) is 12.4. The number of nitrogens with one attached hydrogen (secondary N) is 1. The lowest BCUT2D eigenvalue weighted by atomic mass is 10.1. The molecule has 150 valence electrons. The number of benzene rings is 2. The number of carbonyl (C=O) groups is 1. The first-order valence-electron chi connectivity index (χ1n) is 9.78. The summed E-state index contributed by atoms with van der Waals surface area (Å²) in [6.07, 6.45) is 2.40. The Morgan fingerprint density at radius 2 is 1.90 bits per heavy atom. The highest BCUT2D eigenvalue weighted by molar-refractivity contribution is 6.07. The summed E-state index contributed by atoms with van der Waals surface area (Å²) in [6.45, 7) is 6.42. The fraction of sp³-hybridized carbons (Fsp3) is 0.304. The Kier molecular flexibility index (Phi) is 6.50. The number of hydrogen-bond acceptors (Lipinski definition) is 4. The first kappa shape index (κ1) is 20.4. The summed E-state index contributed by atoms with van der Waals surface area (Å²) in [4.78, 5) is 16.6. The van der Waals surface area contributed by atoms with Crippen LogP contribution in [0.1, 0.15) is 18.1 Å². The van der Waals surface area contributed by atoms with Crippen LogP contribution in [0.2, 0.25) is 0 Å². The van der Waals surface area contributed by atoms with E-state index >= 15 is 0 Å². The van der Waals surface area contributed by atoms with E-state index in [-0.39, 0.29) is 11.4 Å². The van der Waals surface area contributed by atoms with Crippen LogP contribution in [0.15, 0.2) is 54.2 Å². The fourth-order valence-electron chi connectivity index (χ4n) is 3.50. The third kappa shape index (κ3) is 4.75. The van der Waals surface area contributed by atoms with Crippen molar-refractivity contribution in [1.29, 1.82) is 5.26 Å². The van der Waals surface area contributed by atoms with Crippen molar-refractivity contribution in [2.75, 3.05) is 36.4 Å². The van der Waals surface area contributed by atoms with Crippen LogP contribution in [0, 0.1) is 24.1 Å². The average molecular weight is 392 g/mol. The molecule has 1 N–H and O–H groups in total. The van der Waals surface area contributed by atoms with Crippen molar-refractivity contribution in [2.24, 2.45) is 0 Å². The number of rotatable bonds is 5. The first-order chi connectivity index (χ1) is 14.0. The second-order valence-corrected chi connectivity index (χ2v) is 7.05. The molecule has 1 fully saturated rings. The SMILES string of the molecule is CCc1cccc(C)c1NC(=O)/C(C#N)=C\N1CCN(c2ccccc2F)CC1. The molecule has 0 aliphatic carbocycles. The molecule has 0 unspecified atom stereocenters. The number of hydrogen-bond donors (Lipinski definition) is 1. The van der Waals surface area contributed by atoms with Gasteiger partial charge in [0.1, 0.15) is 17.5 Å². The molecule has 3 rings (SSSR count). The molecular weight excluding hydrogens is 367 g/mol. The van der Waals surface area contributed by atoms with Crippen LogP contribution in [0.25, 0.3) is 0 Å². The molecule has 1 heterocycles. The van der Waals surface area contributed by atoms with Gasteiger partial charge in [0.2, 0.25) is 0 Å². The summed E-state index contributed by atoms with van der Waals surface area (Å²) in [5.41, 5.74) is 3.42. The predicted molar refractivity (Wildman–Crippen MR) is 113 cm³/mol. The molecule has 1 aliphatic heterocycles. The Morgan fingerprint density at radius 1 is 1.17 bits per heavy atom. The van der Waals surface area contributed by atoms with E-state index < -0.39 is 5.91 Å². The molecule has 0 radical (unpaired) electrons. The molecule has 29 heavy (non-hydrogen) atoms. The average Bonchev–Trinajstić information content (AvgIpc) is 2.74. The molecule has 2 aromatic carbocycles. The maximum atomic E-state index is 14.0. The number of nitrogens with zero attached hydrogens (tertiary/aromatic N) is 3. The van der Waals surface area contributed by atoms with Crippen molar-refractivity contribution in [2.45, 2.75) is 20.3 Å². The molecule has 6 heteroatoms. The molecule has 0 saturated carbocycles. The highest BCUT2D eigenvalue weighted by atomic mass is 19.1. The zero-order valence-electron chi connectivity index (χ0n) is 16.8. The molecule has 1 aliphatic rings. The van der Waals surface area contributed by atoms with Crippen LogP contribution in [0.4, 0.5) is 15.8 Å². The van der Waals surface area contributed by atoms with Crippen molar-refractivity contribution >= 4 is 17.3 Å². The van der Waals surface area contributed by atoms with Crippen molar-refractivity contribution in [3.05, 3.63) is 71.2 Å². The summed E-state index contributed by atoms with van der Waals surface area (Å²) in [6, 6.07) is 14.6. The van der Waals surface area contributed by atoms with E-state index in [0.29, 0.717) is 31.9 Å². The highest BCUT2D eigenvalue weighted by Gasteiger charge is 2.20. The number of amides is 1. The number of anilines is 2. The minimum absolute atomic E-state index is 0.0645. The third-order valence-electron chi connectivity index (χ3n) is 5.16. The van der Waals surface area contributed by atoms with Crippen LogP contribution >= 0.6 is 0 Å². The quantitative estimate of drug-likeness (QED) is 0.620. The van der Waals surface area contributed by atoms with Crippen molar-refractivity contribution in [1.82, 2.24) is 4.90 Å². The number of nitriles is 1. The number of para-hydroxylation sites is 2. The molecule has 5 nitrogen and oxygen atoms in total. The van der Waals surface area contributed by atoms with E-state index in [1.807, 2.05) is 54.0 Å². The van der Waals surface area contributed by atoms with Crippen molar-refractivity contribution in [3.8, 4) is 6.07 Å². The summed E-state index contributed by atoms with van der Waals surface area (Å²) >= 11 is 0. The van der Waals surface area contributed by atoms with Gasteiger partial charge < -0.3 is 15.1 Å². The van der Waals surface area contributed by atoms with Crippen LogP contribution in [-0.4, -0.2) is 37.0 Å². The maximum Gasteiger partial charge on any atom is 0.267 e. The summed E-state index contributed by atoms with van der Waals surface area (Å²) < 4.78 is 14.0. The fourth-order valence-corrected chi connectivity index (χ4v) is 3.50. The standard InChI is InChI=1S/C23H25FN4O/c1-3-18-8-6-7-17(2)22(18)26-23(29)19(15-25)16-27-11-13-28(14-12-27)21-10-5-4-9-20(21)24/h4-10,16H,3,11-14H2,1-2H3,(H,26,29)/b19-16-. The van der Waals surface area contributed by atoms with Gasteiger partial charge in [-0.1, -0.05) is 37.3 Å². The number of halogens is 1. The Hall–Kier alpha value is -3.33. The van der Waals surface area contributed by atoms with Gasteiger partial charge in [0, 0.05) is 38.1 Å². The second kappa shape index (κ2) is 9.24. The minimum Gasteiger partial charge on any atom is -0.373 e. The van der Waals surface area contributed by atoms with E-state index in [0.717, 1.165) is 23.2 Å². The number of carbonyl (C=O) groups excluding carboxylic acids is 1. The minimum atomic E-state index is -0.409. The summed E-state index contributed by atoms with van der Waals surface area (Å²) in [7, 11) is 0. The lowest BCUT2D eigenvalue weighted by Crippen LogP contribution is -2.44. The topological polar surface area (TPSA) is 59.4 Å². The van der Waals surface area contributed by atoms with Crippen LogP contribution in [-0.2, 0) is 11.2 Å². The lowest BCUT2D eigenvalue weighted by molar-refractivity contribution is -0.112. The molecular formula is C23H25FN4O. The van der Waals surface area contributed by atoms with Gasteiger partial charge >= 0.3 is 0 Å². The van der Waals surface area contributed by atoms with Crippen molar-refractivity contribution < 1.29 is 9.18 Å². The first-order valence-corrected chi connectivity index (χ1v) is 9.78. The molecule has 0 spiro atoms. The molecule has 0 aromatic heterocycles. The Balaban J connectivity index is 1.67. The second-order valence-electron chi connectivity index (χ2n) is 7.05. The lowest BCUT2D eigenvalue weighted by Gasteiger charge is -2.35. The van der Waals surface area contributed by atoms with Gasteiger partial charge in [-0.2, -0.15) is 5.26 Å². The number of piperazine rings is 1. The van der Waals surface area contributed by atoms with Crippen LogP contribution in [0.5, 0.6) is 0 Å². The van der Waals surface area contributed by atoms with E-state index in [1.165, 1.54) is 6.07 Å². The third-order valence-corrected chi connectivity index (χ3v) is 5.16. The highest BCUT2D eigenvalue weighted by Crippen LogP contribution is 2.23. The smallest absolute Gasteiger partial charge is 0.267 e. The zero-order valence-corrected chi connectivity index (χ0v) is 16.8. The largest absolute Gasteiger partial charge is 0.373 e. The van der Waals surface area contributed by atoms with Gasteiger partial charge in [-0.25, -0.2) is 4.39 Å². The normalized spacial score (nSPS) is 14.5. The maximum absolute atomic E-state index is 14.0. The molecule has 1 amide bonds. The van der Waals surface area contributed by atoms with Gasteiger partial charge in [0.05, 0.1) is 5.69 Å². The van der Waals surface area contributed by atoms with Gasteiger partial charge in [-0.15, -0.1) is 0 Å². The van der Waals surface area contributed by atoms with Gasteiger partial charge in [0.25, 0.3) is 5.91 Å². The van der Waals surface area contributed by atoms with E-state index in [1.54, 1.807) is 18.3 Å². The molecule has 0 bridgehead atoms. The van der Waals surface area contributed by atoms with Gasteiger partial charge in [-0.3, -0.25) is 4.79 Å². The molecule has 2 aromatic rings. The monoisotopic (exact) mass is 392 g/mol. The Morgan fingerprint density at radius 3 is 2.55 bits per heavy atom. The van der Waals surface area contributed by atoms with E-state index in [2.05, 4.69) is 5.32 Å². The molecule has 0 atom stereocenters. The Bertz CT molecular complexity index is 956. The van der Waals surface area contributed by atoms with E-state index in [9.17, 15) is 14.4 Å². The number of aryl methyl sites for hydroxylation is 2. The molecule has 1 saturated heterocycles. The van der Waals surface area contributed by atoms with Gasteiger partial charge in [0.15, 0.2) is 0 Å².